The van der Waals surface area contributed by atoms with Crippen molar-refractivity contribution in [3.63, 3.8) is 0 Å². The van der Waals surface area contributed by atoms with Gasteiger partial charge in [0.15, 0.2) is 5.16 Å². The summed E-state index contributed by atoms with van der Waals surface area (Å²) in [7, 11) is 1.88. The summed E-state index contributed by atoms with van der Waals surface area (Å²) in [6.07, 6.45) is 10.7. The first-order valence-electron chi connectivity index (χ1n) is 8.58. The lowest BCUT2D eigenvalue weighted by atomic mass is 10.2. The standard InChI is InChI=1S/C17H25N5OS/c1-21-12-6-9-14(21)16(23)18-11-5-10-15-19-20-17(24-2)22(15)13-7-3-4-8-13/h6,9,12-13H,3-5,7-8,10-11H2,1-2H3,(H,18,23). The first kappa shape index (κ1) is 17.1. The third-order valence-electron chi connectivity index (χ3n) is 4.65. The van der Waals surface area contributed by atoms with Crippen LogP contribution in [0.2, 0.25) is 0 Å². The molecule has 0 aliphatic heterocycles. The van der Waals surface area contributed by atoms with Crippen LogP contribution in [-0.2, 0) is 13.5 Å². The Balaban J connectivity index is 1.54. The lowest BCUT2D eigenvalue weighted by molar-refractivity contribution is 0.0945. The van der Waals surface area contributed by atoms with Crippen LogP contribution in [0.15, 0.2) is 23.5 Å². The van der Waals surface area contributed by atoms with Gasteiger partial charge in [0.2, 0.25) is 0 Å². The third-order valence-corrected chi connectivity index (χ3v) is 5.29. The highest BCUT2D eigenvalue weighted by atomic mass is 32.2. The summed E-state index contributed by atoms with van der Waals surface area (Å²) in [6.45, 7) is 0.649. The Kier molecular flexibility index (Phi) is 5.60. The molecule has 6 nitrogen and oxygen atoms in total. The van der Waals surface area contributed by atoms with Gasteiger partial charge in [-0.3, -0.25) is 4.79 Å². The van der Waals surface area contributed by atoms with E-state index in [4.69, 9.17) is 0 Å². The number of rotatable bonds is 7. The molecule has 1 aliphatic carbocycles. The molecule has 24 heavy (non-hydrogen) atoms. The zero-order valence-corrected chi connectivity index (χ0v) is 15.2. The van der Waals surface area contributed by atoms with E-state index in [-0.39, 0.29) is 5.91 Å². The summed E-state index contributed by atoms with van der Waals surface area (Å²) < 4.78 is 4.16. The van der Waals surface area contributed by atoms with E-state index in [2.05, 4.69) is 26.3 Å². The van der Waals surface area contributed by atoms with E-state index in [0.717, 1.165) is 23.8 Å². The number of carbonyl (C=O) groups excluding carboxylic acids is 1. The maximum absolute atomic E-state index is 12.1. The van der Waals surface area contributed by atoms with Crippen molar-refractivity contribution in [2.75, 3.05) is 12.8 Å². The van der Waals surface area contributed by atoms with Gasteiger partial charge in [-0.2, -0.15) is 0 Å². The molecule has 0 atom stereocenters. The molecule has 2 aromatic heterocycles. The van der Waals surface area contributed by atoms with Crippen molar-refractivity contribution >= 4 is 17.7 Å². The van der Waals surface area contributed by atoms with Crippen molar-refractivity contribution in [3.8, 4) is 0 Å². The van der Waals surface area contributed by atoms with E-state index >= 15 is 0 Å². The summed E-state index contributed by atoms with van der Waals surface area (Å²) >= 11 is 1.66. The van der Waals surface area contributed by atoms with Crippen molar-refractivity contribution in [3.05, 3.63) is 29.8 Å². The maximum atomic E-state index is 12.1. The van der Waals surface area contributed by atoms with E-state index in [1.807, 2.05) is 29.9 Å². The number of hydrogen-bond acceptors (Lipinski definition) is 4. The van der Waals surface area contributed by atoms with Crippen molar-refractivity contribution < 1.29 is 4.79 Å². The van der Waals surface area contributed by atoms with Gasteiger partial charge in [-0.15, -0.1) is 10.2 Å². The molecular formula is C17H25N5OS. The minimum Gasteiger partial charge on any atom is -0.351 e. The number of hydrogen-bond donors (Lipinski definition) is 1. The van der Waals surface area contributed by atoms with Gasteiger partial charge in [-0.05, 0) is 37.7 Å². The van der Waals surface area contributed by atoms with E-state index in [1.165, 1.54) is 25.7 Å². The van der Waals surface area contributed by atoms with E-state index in [1.54, 1.807) is 11.8 Å². The molecule has 0 saturated heterocycles. The number of nitrogens with zero attached hydrogens (tertiary/aromatic N) is 4. The molecule has 1 amide bonds. The molecular weight excluding hydrogens is 322 g/mol. The molecule has 1 saturated carbocycles. The number of amides is 1. The quantitative estimate of drug-likeness (QED) is 0.618. The average molecular weight is 347 g/mol. The third kappa shape index (κ3) is 3.66. The predicted octanol–water partition coefficient (Wildman–Crippen LogP) is 2.82. The van der Waals surface area contributed by atoms with Crippen LogP contribution in [0.25, 0.3) is 0 Å². The second-order valence-electron chi connectivity index (χ2n) is 6.27. The fraction of sp³-hybridized carbons (Fsp3) is 0.588. The van der Waals surface area contributed by atoms with Crippen LogP contribution in [0.5, 0.6) is 0 Å². The number of thioether (sulfide) groups is 1. The minimum absolute atomic E-state index is 0.0236. The first-order chi connectivity index (χ1) is 11.7. The zero-order chi connectivity index (χ0) is 16.9. The normalized spacial score (nSPS) is 15.1. The van der Waals surface area contributed by atoms with Crippen molar-refractivity contribution in [1.29, 1.82) is 0 Å². The minimum atomic E-state index is -0.0236. The van der Waals surface area contributed by atoms with Gasteiger partial charge in [-0.25, -0.2) is 0 Å². The Bertz CT molecular complexity index is 687. The summed E-state index contributed by atoms with van der Waals surface area (Å²) in [6, 6.07) is 4.26. The molecule has 1 aliphatic rings. The largest absolute Gasteiger partial charge is 0.351 e. The van der Waals surface area contributed by atoms with Crippen LogP contribution in [0.4, 0.5) is 0 Å². The van der Waals surface area contributed by atoms with Crippen molar-refractivity contribution in [1.82, 2.24) is 24.6 Å². The molecule has 1 N–H and O–H groups in total. The maximum Gasteiger partial charge on any atom is 0.267 e. The van der Waals surface area contributed by atoms with Gasteiger partial charge in [0, 0.05) is 32.3 Å². The van der Waals surface area contributed by atoms with Crippen molar-refractivity contribution in [2.45, 2.75) is 49.7 Å². The van der Waals surface area contributed by atoms with E-state index in [9.17, 15) is 4.79 Å². The van der Waals surface area contributed by atoms with E-state index < -0.39 is 0 Å². The lowest BCUT2D eigenvalue weighted by Crippen LogP contribution is -2.26. The van der Waals surface area contributed by atoms with Gasteiger partial charge in [0.25, 0.3) is 5.91 Å². The highest BCUT2D eigenvalue weighted by Gasteiger charge is 2.23. The number of nitrogens with one attached hydrogen (secondary N) is 1. The molecule has 2 heterocycles. The predicted molar refractivity (Wildman–Crippen MR) is 95.4 cm³/mol. The highest BCUT2D eigenvalue weighted by Crippen LogP contribution is 2.33. The Labute approximate surface area is 147 Å². The molecule has 130 valence electrons. The van der Waals surface area contributed by atoms with Crippen molar-refractivity contribution in [2.24, 2.45) is 7.05 Å². The number of carbonyl (C=O) groups is 1. The second kappa shape index (κ2) is 7.88. The van der Waals surface area contributed by atoms with Gasteiger partial charge < -0.3 is 14.5 Å². The number of aromatic nitrogens is 4. The van der Waals surface area contributed by atoms with E-state index in [0.29, 0.717) is 18.3 Å². The fourth-order valence-corrected chi connectivity index (χ4v) is 3.96. The number of aryl methyl sites for hydroxylation is 2. The Morgan fingerprint density at radius 3 is 2.83 bits per heavy atom. The molecule has 0 unspecified atom stereocenters. The SMILES string of the molecule is CSc1nnc(CCCNC(=O)c2cccn2C)n1C1CCCC1. The molecule has 0 radical (unpaired) electrons. The molecule has 1 fully saturated rings. The molecule has 2 aromatic rings. The first-order valence-corrected chi connectivity index (χ1v) is 9.80. The molecule has 0 aromatic carbocycles. The monoisotopic (exact) mass is 347 g/mol. The zero-order valence-electron chi connectivity index (χ0n) is 14.4. The Hall–Kier alpha value is -1.76. The second-order valence-corrected chi connectivity index (χ2v) is 7.05. The summed E-state index contributed by atoms with van der Waals surface area (Å²) in [5, 5.41) is 12.7. The Morgan fingerprint density at radius 1 is 1.38 bits per heavy atom. The van der Waals surface area contributed by atoms with Crippen LogP contribution in [0, 0.1) is 0 Å². The summed E-state index contributed by atoms with van der Waals surface area (Å²) in [5.74, 6) is 1.03. The van der Waals surface area contributed by atoms with Gasteiger partial charge in [0.1, 0.15) is 11.5 Å². The topological polar surface area (TPSA) is 64.7 Å². The van der Waals surface area contributed by atoms with Crippen LogP contribution in [-0.4, -0.2) is 38.0 Å². The van der Waals surface area contributed by atoms with Gasteiger partial charge in [0.05, 0.1) is 0 Å². The molecule has 3 rings (SSSR count). The molecule has 0 bridgehead atoms. The Morgan fingerprint density at radius 2 is 2.17 bits per heavy atom. The molecule has 0 spiro atoms. The van der Waals surface area contributed by atoms with Crippen LogP contribution < -0.4 is 5.32 Å². The lowest BCUT2D eigenvalue weighted by Gasteiger charge is -2.16. The summed E-state index contributed by atoms with van der Waals surface area (Å²) in [4.78, 5) is 12.1. The smallest absolute Gasteiger partial charge is 0.267 e. The fourth-order valence-electron chi connectivity index (χ4n) is 3.38. The van der Waals surface area contributed by atoms with Crippen LogP contribution in [0.3, 0.4) is 0 Å². The highest BCUT2D eigenvalue weighted by molar-refractivity contribution is 7.98. The van der Waals surface area contributed by atoms with Gasteiger partial charge >= 0.3 is 0 Å². The van der Waals surface area contributed by atoms with Gasteiger partial charge in [-0.1, -0.05) is 24.6 Å². The van der Waals surface area contributed by atoms with Crippen LogP contribution in [0.1, 0.15) is 54.5 Å². The molecule has 7 heteroatoms. The van der Waals surface area contributed by atoms with Crippen LogP contribution >= 0.6 is 11.8 Å². The average Bonchev–Trinajstić information content (AvgIpc) is 3.31. The summed E-state index contributed by atoms with van der Waals surface area (Å²) in [5.41, 5.74) is 0.689.